The number of hydrogen-bond acceptors (Lipinski definition) is 2. The van der Waals surface area contributed by atoms with Crippen LogP contribution in [0, 0.1) is 5.92 Å². The van der Waals surface area contributed by atoms with E-state index in [0.29, 0.717) is 6.42 Å². The highest BCUT2D eigenvalue weighted by molar-refractivity contribution is 5.85. The first-order valence-corrected chi connectivity index (χ1v) is 7.02. The topological polar surface area (TPSA) is 29.5 Å². The van der Waals surface area contributed by atoms with Crippen molar-refractivity contribution in [3.63, 3.8) is 0 Å². The normalized spacial score (nSPS) is 24.7. The Kier molecular flexibility index (Phi) is 3.54. The van der Waals surface area contributed by atoms with Crippen LogP contribution in [-0.4, -0.2) is 23.9 Å². The molecule has 0 bridgehead atoms. The molecule has 19 heavy (non-hydrogen) atoms. The quantitative estimate of drug-likeness (QED) is 0.914. The molecule has 1 saturated heterocycles. The average molecular weight is 256 g/mol. The predicted molar refractivity (Wildman–Crippen MR) is 77.2 cm³/mol. The van der Waals surface area contributed by atoms with Gasteiger partial charge in [0, 0.05) is 12.5 Å². The van der Waals surface area contributed by atoms with Crippen LogP contribution >= 0.6 is 0 Å². The van der Waals surface area contributed by atoms with Crippen molar-refractivity contribution in [2.75, 3.05) is 6.61 Å². The van der Waals surface area contributed by atoms with Crippen LogP contribution in [0.3, 0.4) is 0 Å². The van der Waals surface area contributed by atoms with Crippen molar-refractivity contribution < 1.29 is 9.84 Å². The lowest BCUT2D eigenvalue weighted by Gasteiger charge is -2.21. The number of rotatable bonds is 3. The van der Waals surface area contributed by atoms with E-state index in [4.69, 9.17) is 4.74 Å². The Balaban J connectivity index is 1.85. The van der Waals surface area contributed by atoms with Crippen molar-refractivity contribution in [3.8, 4) is 0 Å². The number of aliphatic hydroxyl groups excluding tert-OH is 1. The molecule has 1 aliphatic heterocycles. The first-order chi connectivity index (χ1) is 9.25. The molecule has 2 aromatic carbocycles. The molecule has 1 fully saturated rings. The maximum Gasteiger partial charge on any atom is 0.0634 e. The second-order valence-corrected chi connectivity index (χ2v) is 5.44. The minimum Gasteiger partial charge on any atom is -0.392 e. The standard InChI is InChI=1S/C17H20O2/c1-12-15(9-10-19-12)17(18)11-14-7-4-6-13-5-2-3-8-16(13)14/h2-8,12,15,17-18H,9-11H2,1H3. The second kappa shape index (κ2) is 5.32. The SMILES string of the molecule is CC1OCCC1C(O)Cc1cccc2ccccc12. The minimum absolute atomic E-state index is 0.171. The maximum absolute atomic E-state index is 10.5. The van der Waals surface area contributed by atoms with E-state index in [0.717, 1.165) is 13.0 Å². The van der Waals surface area contributed by atoms with Crippen molar-refractivity contribution in [2.24, 2.45) is 5.92 Å². The van der Waals surface area contributed by atoms with Crippen LogP contribution in [0.15, 0.2) is 42.5 Å². The van der Waals surface area contributed by atoms with Gasteiger partial charge < -0.3 is 9.84 Å². The second-order valence-electron chi connectivity index (χ2n) is 5.44. The number of benzene rings is 2. The largest absolute Gasteiger partial charge is 0.392 e. The summed E-state index contributed by atoms with van der Waals surface area (Å²) in [7, 11) is 0. The highest BCUT2D eigenvalue weighted by Gasteiger charge is 2.30. The summed E-state index contributed by atoms with van der Waals surface area (Å²) in [5.41, 5.74) is 1.23. The number of aliphatic hydroxyl groups is 1. The summed E-state index contributed by atoms with van der Waals surface area (Å²) in [6, 6.07) is 14.7. The van der Waals surface area contributed by atoms with Crippen LogP contribution in [0.5, 0.6) is 0 Å². The van der Waals surface area contributed by atoms with Crippen LogP contribution in [0.2, 0.25) is 0 Å². The predicted octanol–water partition coefficient (Wildman–Crippen LogP) is 3.17. The highest BCUT2D eigenvalue weighted by Crippen LogP contribution is 2.28. The van der Waals surface area contributed by atoms with Gasteiger partial charge >= 0.3 is 0 Å². The van der Waals surface area contributed by atoms with E-state index in [9.17, 15) is 5.11 Å². The summed E-state index contributed by atoms with van der Waals surface area (Å²) in [6.07, 6.45) is 1.53. The van der Waals surface area contributed by atoms with Gasteiger partial charge in [0.05, 0.1) is 12.2 Å². The third-order valence-electron chi connectivity index (χ3n) is 4.24. The molecule has 0 saturated carbocycles. The van der Waals surface area contributed by atoms with Gasteiger partial charge in [0.25, 0.3) is 0 Å². The van der Waals surface area contributed by atoms with E-state index in [2.05, 4.69) is 49.4 Å². The van der Waals surface area contributed by atoms with Crippen LogP contribution < -0.4 is 0 Å². The molecule has 1 N–H and O–H groups in total. The molecular formula is C17H20O2. The van der Waals surface area contributed by atoms with Gasteiger partial charge in [0.15, 0.2) is 0 Å². The Morgan fingerprint density at radius 3 is 2.79 bits per heavy atom. The lowest BCUT2D eigenvalue weighted by molar-refractivity contribution is 0.0442. The van der Waals surface area contributed by atoms with E-state index in [1.807, 2.05) is 0 Å². The van der Waals surface area contributed by atoms with E-state index in [1.165, 1.54) is 16.3 Å². The Bertz CT molecular complexity index is 559. The van der Waals surface area contributed by atoms with Gasteiger partial charge in [0.2, 0.25) is 0 Å². The highest BCUT2D eigenvalue weighted by atomic mass is 16.5. The molecule has 0 aliphatic carbocycles. The van der Waals surface area contributed by atoms with Crippen molar-refractivity contribution in [2.45, 2.75) is 32.0 Å². The monoisotopic (exact) mass is 256 g/mol. The molecule has 1 aliphatic rings. The molecule has 0 radical (unpaired) electrons. The zero-order chi connectivity index (χ0) is 13.2. The van der Waals surface area contributed by atoms with Gasteiger partial charge in [-0.25, -0.2) is 0 Å². The third kappa shape index (κ3) is 2.51. The van der Waals surface area contributed by atoms with Crippen molar-refractivity contribution in [1.82, 2.24) is 0 Å². The number of hydrogen-bond donors (Lipinski definition) is 1. The molecule has 3 atom stereocenters. The Morgan fingerprint density at radius 2 is 2.00 bits per heavy atom. The Hall–Kier alpha value is -1.38. The molecule has 1 heterocycles. The van der Waals surface area contributed by atoms with Gasteiger partial charge in [-0.3, -0.25) is 0 Å². The molecule has 0 spiro atoms. The van der Waals surface area contributed by atoms with Crippen LogP contribution in [0.1, 0.15) is 18.9 Å². The van der Waals surface area contributed by atoms with Gasteiger partial charge in [-0.05, 0) is 36.1 Å². The van der Waals surface area contributed by atoms with Gasteiger partial charge in [-0.15, -0.1) is 0 Å². The molecule has 2 nitrogen and oxygen atoms in total. The molecule has 3 rings (SSSR count). The smallest absolute Gasteiger partial charge is 0.0634 e. The lowest BCUT2D eigenvalue weighted by atomic mass is 9.90. The maximum atomic E-state index is 10.5. The number of ether oxygens (including phenoxy) is 1. The minimum atomic E-state index is -0.316. The zero-order valence-corrected chi connectivity index (χ0v) is 11.3. The van der Waals surface area contributed by atoms with E-state index in [1.54, 1.807) is 0 Å². The van der Waals surface area contributed by atoms with E-state index >= 15 is 0 Å². The molecule has 0 amide bonds. The van der Waals surface area contributed by atoms with E-state index < -0.39 is 0 Å². The fraction of sp³-hybridized carbons (Fsp3) is 0.412. The van der Waals surface area contributed by atoms with Crippen LogP contribution in [0.4, 0.5) is 0 Å². The Morgan fingerprint density at radius 1 is 1.21 bits per heavy atom. The third-order valence-corrected chi connectivity index (χ3v) is 4.24. The van der Waals surface area contributed by atoms with Crippen LogP contribution in [0.25, 0.3) is 10.8 Å². The lowest BCUT2D eigenvalue weighted by Crippen LogP contribution is -2.28. The molecule has 3 unspecified atom stereocenters. The fourth-order valence-electron chi connectivity index (χ4n) is 3.10. The Labute approximate surface area is 114 Å². The van der Waals surface area contributed by atoms with Crippen LogP contribution in [-0.2, 0) is 11.2 Å². The zero-order valence-electron chi connectivity index (χ0n) is 11.3. The molecule has 2 heteroatoms. The molecule has 0 aromatic heterocycles. The summed E-state index contributed by atoms with van der Waals surface area (Å²) in [5, 5.41) is 12.9. The summed E-state index contributed by atoms with van der Waals surface area (Å²) in [4.78, 5) is 0. The average Bonchev–Trinajstić information content (AvgIpc) is 2.85. The molecular weight excluding hydrogens is 236 g/mol. The first-order valence-electron chi connectivity index (χ1n) is 7.02. The summed E-state index contributed by atoms with van der Waals surface area (Å²) < 4.78 is 5.55. The van der Waals surface area contributed by atoms with Crippen molar-refractivity contribution in [3.05, 3.63) is 48.0 Å². The summed E-state index contributed by atoms with van der Waals surface area (Å²) in [5.74, 6) is 0.263. The molecule has 2 aromatic rings. The summed E-state index contributed by atoms with van der Waals surface area (Å²) in [6.45, 7) is 2.84. The van der Waals surface area contributed by atoms with E-state index in [-0.39, 0.29) is 18.1 Å². The fourth-order valence-corrected chi connectivity index (χ4v) is 3.10. The van der Waals surface area contributed by atoms with Crippen molar-refractivity contribution in [1.29, 1.82) is 0 Å². The van der Waals surface area contributed by atoms with Gasteiger partial charge in [0.1, 0.15) is 0 Å². The molecule has 100 valence electrons. The van der Waals surface area contributed by atoms with Gasteiger partial charge in [-0.1, -0.05) is 42.5 Å². The number of fused-ring (bicyclic) bond motifs is 1. The first kappa shape index (κ1) is 12.6. The van der Waals surface area contributed by atoms with Crippen molar-refractivity contribution >= 4 is 10.8 Å². The van der Waals surface area contributed by atoms with Gasteiger partial charge in [-0.2, -0.15) is 0 Å². The summed E-state index contributed by atoms with van der Waals surface area (Å²) >= 11 is 0.